The molecule has 1 heterocycles. The number of hydrogen-bond donors (Lipinski definition) is 0. The van der Waals surface area contributed by atoms with Gasteiger partial charge in [0.2, 0.25) is 0 Å². The molecule has 0 N–H and O–H groups in total. The average Bonchev–Trinajstić information content (AvgIpc) is 3.59. The number of fused-ring (bicyclic) bond motifs is 1. The van der Waals surface area contributed by atoms with E-state index >= 15 is 0 Å². The Hall–Kier alpha value is -6.52. The van der Waals surface area contributed by atoms with E-state index in [1.54, 1.807) is 11.1 Å². The van der Waals surface area contributed by atoms with E-state index in [0.717, 1.165) is 58.9 Å². The molecule has 0 atom stereocenters. The SMILES string of the molecule is C=Nc1ccccc1N(Cc1ccc(C(C)=Nc2c(-c3ccc(C)cc3)ccc(-c3ccc(-n4c(/C=C\C)c(CCC)c5c4CCCC5)cc3)c2C)cc1)c1ccccc1. The molecule has 0 spiro atoms. The Bertz CT molecular complexity index is 2660. The number of aryl methyl sites for hydroxylation is 1. The lowest BCUT2D eigenvalue weighted by atomic mass is 9.92. The van der Waals surface area contributed by atoms with Crippen LogP contribution in [0, 0.1) is 13.8 Å². The van der Waals surface area contributed by atoms with Crippen molar-refractivity contribution in [2.24, 2.45) is 9.98 Å². The molecule has 1 aromatic heterocycles. The molecular formula is C56H56N4. The van der Waals surface area contributed by atoms with Gasteiger partial charge in [-0.25, -0.2) is 0 Å². The van der Waals surface area contributed by atoms with Gasteiger partial charge in [0, 0.05) is 40.6 Å². The molecule has 0 saturated carbocycles. The molecule has 0 fully saturated rings. The van der Waals surface area contributed by atoms with Crippen molar-refractivity contribution in [2.75, 3.05) is 4.90 Å². The van der Waals surface area contributed by atoms with Crippen molar-refractivity contribution < 1.29 is 0 Å². The summed E-state index contributed by atoms with van der Waals surface area (Å²) in [5.74, 6) is 0. The molecule has 4 nitrogen and oxygen atoms in total. The molecule has 0 unspecified atom stereocenters. The quantitative estimate of drug-likeness (QED) is 0.107. The highest BCUT2D eigenvalue weighted by molar-refractivity contribution is 6.02. The number of benzene rings is 6. The fourth-order valence-electron chi connectivity index (χ4n) is 8.98. The van der Waals surface area contributed by atoms with E-state index in [2.05, 4.69) is 189 Å². The van der Waals surface area contributed by atoms with E-state index in [9.17, 15) is 0 Å². The van der Waals surface area contributed by atoms with Crippen LogP contribution < -0.4 is 4.90 Å². The summed E-state index contributed by atoms with van der Waals surface area (Å²) in [7, 11) is 0. The largest absolute Gasteiger partial charge is 0.335 e. The van der Waals surface area contributed by atoms with E-state index in [-0.39, 0.29) is 0 Å². The Balaban J connectivity index is 1.14. The van der Waals surface area contributed by atoms with Gasteiger partial charge < -0.3 is 9.47 Å². The van der Waals surface area contributed by atoms with Gasteiger partial charge in [-0.1, -0.05) is 128 Å². The van der Waals surface area contributed by atoms with Crippen molar-refractivity contribution in [3.8, 4) is 27.9 Å². The molecule has 300 valence electrons. The van der Waals surface area contributed by atoms with Crippen molar-refractivity contribution >= 4 is 41.3 Å². The molecule has 60 heavy (non-hydrogen) atoms. The van der Waals surface area contributed by atoms with Crippen molar-refractivity contribution in [2.45, 2.75) is 79.7 Å². The van der Waals surface area contributed by atoms with Gasteiger partial charge in [0.05, 0.1) is 17.1 Å². The van der Waals surface area contributed by atoms with Crippen LogP contribution in [0.1, 0.15) is 84.8 Å². The van der Waals surface area contributed by atoms with E-state index in [1.165, 1.54) is 69.7 Å². The first kappa shape index (κ1) is 40.3. The van der Waals surface area contributed by atoms with Crippen molar-refractivity contribution in [1.82, 2.24) is 4.57 Å². The fourth-order valence-corrected chi connectivity index (χ4v) is 8.98. The third-order valence-corrected chi connectivity index (χ3v) is 12.1. The summed E-state index contributed by atoms with van der Waals surface area (Å²) in [6.45, 7) is 15.5. The molecule has 0 saturated heterocycles. The second-order valence-electron chi connectivity index (χ2n) is 16.1. The van der Waals surface area contributed by atoms with E-state index in [0.29, 0.717) is 6.54 Å². The molecule has 8 rings (SSSR count). The van der Waals surface area contributed by atoms with Crippen LogP contribution >= 0.6 is 0 Å². The Labute approximate surface area is 357 Å². The Kier molecular flexibility index (Phi) is 12.2. The van der Waals surface area contributed by atoms with Crippen molar-refractivity contribution in [3.05, 3.63) is 190 Å². The summed E-state index contributed by atoms with van der Waals surface area (Å²) in [6, 6.07) is 50.1. The predicted molar refractivity (Wildman–Crippen MR) is 258 cm³/mol. The lowest BCUT2D eigenvalue weighted by Gasteiger charge is -2.26. The van der Waals surface area contributed by atoms with Gasteiger partial charge in [0.25, 0.3) is 0 Å². The maximum absolute atomic E-state index is 5.46. The zero-order chi connectivity index (χ0) is 41.6. The molecule has 0 amide bonds. The van der Waals surface area contributed by atoms with Gasteiger partial charge in [-0.2, -0.15) is 0 Å². The minimum atomic E-state index is 0.688. The summed E-state index contributed by atoms with van der Waals surface area (Å²) >= 11 is 0. The van der Waals surface area contributed by atoms with E-state index < -0.39 is 0 Å². The highest BCUT2D eigenvalue weighted by atomic mass is 15.1. The molecule has 1 aliphatic carbocycles. The normalized spacial score (nSPS) is 12.8. The van der Waals surface area contributed by atoms with Crippen LogP contribution in [-0.2, 0) is 25.8 Å². The van der Waals surface area contributed by atoms with E-state index in [4.69, 9.17) is 4.99 Å². The second kappa shape index (κ2) is 18.2. The lowest BCUT2D eigenvalue weighted by molar-refractivity contribution is 0.659. The standard InChI is InChI=1S/C56H56N4/c1-7-16-50-51-20-12-14-22-54(51)60(53(50)17-8-2)47-34-32-44(33-35-47)48-36-37-49(45-28-24-39(3)25-29-45)56(40(48)4)58-41(5)43-30-26-42(27-31-43)38-59(46-18-10-9-11-19-46)55-23-15-13-21-52(55)57-6/h8-11,13,15,17-19,21,23-37H,6-7,12,14,16,20,22,38H2,1-5H3/b17-8-,58-41?. The van der Waals surface area contributed by atoms with Gasteiger partial charge in [-0.3, -0.25) is 9.98 Å². The van der Waals surface area contributed by atoms with Crippen LogP contribution in [0.4, 0.5) is 22.7 Å². The fraction of sp³-hybridized carbons (Fsp3) is 0.214. The number of hydrogen-bond acceptors (Lipinski definition) is 3. The first-order valence-electron chi connectivity index (χ1n) is 21.6. The Morgan fingerprint density at radius 1 is 0.750 bits per heavy atom. The minimum Gasteiger partial charge on any atom is -0.335 e. The first-order chi connectivity index (χ1) is 29.4. The summed E-state index contributed by atoms with van der Waals surface area (Å²) < 4.78 is 2.55. The second-order valence-corrected chi connectivity index (χ2v) is 16.1. The third-order valence-electron chi connectivity index (χ3n) is 12.1. The lowest BCUT2D eigenvalue weighted by Crippen LogP contribution is -2.16. The number of aliphatic imine (C=N–C) groups is 2. The third kappa shape index (κ3) is 8.20. The zero-order valence-electron chi connectivity index (χ0n) is 35.9. The molecule has 4 heteroatoms. The average molecular weight is 785 g/mol. The van der Waals surface area contributed by atoms with Crippen LogP contribution in [0.25, 0.3) is 34.0 Å². The van der Waals surface area contributed by atoms with Crippen LogP contribution in [0.2, 0.25) is 0 Å². The Morgan fingerprint density at radius 3 is 2.13 bits per heavy atom. The molecule has 0 aliphatic heterocycles. The molecule has 7 aromatic rings. The van der Waals surface area contributed by atoms with Crippen LogP contribution in [0.5, 0.6) is 0 Å². The maximum Gasteiger partial charge on any atom is 0.0859 e. The number of anilines is 2. The summed E-state index contributed by atoms with van der Waals surface area (Å²) in [4.78, 5) is 12.1. The number of nitrogens with zero attached hydrogens (tertiary/aromatic N) is 4. The zero-order valence-corrected chi connectivity index (χ0v) is 35.9. The highest BCUT2D eigenvalue weighted by Gasteiger charge is 2.24. The number of rotatable bonds is 13. The Morgan fingerprint density at radius 2 is 1.42 bits per heavy atom. The molecule has 0 radical (unpaired) electrons. The van der Waals surface area contributed by atoms with Gasteiger partial charge >= 0.3 is 0 Å². The first-order valence-corrected chi connectivity index (χ1v) is 21.6. The van der Waals surface area contributed by atoms with Crippen LogP contribution in [-0.4, -0.2) is 17.0 Å². The van der Waals surface area contributed by atoms with Crippen LogP contribution in [0.3, 0.4) is 0 Å². The summed E-state index contributed by atoms with van der Waals surface area (Å²) in [5.41, 5.74) is 21.6. The predicted octanol–water partition coefficient (Wildman–Crippen LogP) is 15.1. The van der Waals surface area contributed by atoms with Crippen LogP contribution in [0.15, 0.2) is 156 Å². The highest BCUT2D eigenvalue weighted by Crippen LogP contribution is 2.41. The molecule has 6 aromatic carbocycles. The minimum absolute atomic E-state index is 0.688. The topological polar surface area (TPSA) is 32.9 Å². The number of aromatic nitrogens is 1. The number of para-hydroxylation sites is 3. The smallest absolute Gasteiger partial charge is 0.0859 e. The molecular weight excluding hydrogens is 729 g/mol. The number of allylic oxidation sites excluding steroid dienone is 1. The van der Waals surface area contributed by atoms with Gasteiger partial charge in [-0.15, -0.1) is 0 Å². The summed E-state index contributed by atoms with van der Waals surface area (Å²) in [6.07, 6.45) is 11.7. The van der Waals surface area contributed by atoms with E-state index in [1.807, 2.05) is 18.2 Å². The van der Waals surface area contributed by atoms with Gasteiger partial charge in [0.15, 0.2) is 0 Å². The van der Waals surface area contributed by atoms with Crippen molar-refractivity contribution in [3.63, 3.8) is 0 Å². The monoisotopic (exact) mass is 784 g/mol. The maximum atomic E-state index is 5.46. The molecule has 1 aliphatic rings. The van der Waals surface area contributed by atoms with Gasteiger partial charge in [-0.05, 0) is 153 Å². The summed E-state index contributed by atoms with van der Waals surface area (Å²) in [5, 5.41) is 0. The molecule has 0 bridgehead atoms. The van der Waals surface area contributed by atoms with Gasteiger partial charge in [0.1, 0.15) is 0 Å². The van der Waals surface area contributed by atoms with Crippen molar-refractivity contribution in [1.29, 1.82) is 0 Å².